The summed E-state index contributed by atoms with van der Waals surface area (Å²) in [5.41, 5.74) is 5.63. The average Bonchev–Trinajstić information content (AvgIpc) is 3.01. The van der Waals surface area contributed by atoms with Gasteiger partial charge in [-0.2, -0.15) is 0 Å². The molecule has 2 aromatic heterocycles. The molecule has 0 fully saturated rings. The predicted octanol–water partition coefficient (Wildman–Crippen LogP) is 9.48. The van der Waals surface area contributed by atoms with Crippen LogP contribution in [0.3, 0.4) is 0 Å². The van der Waals surface area contributed by atoms with Crippen LogP contribution in [-0.2, 0) is 25.5 Å². The standard InChI is InChI=1S/C25H24N.C11H8N.Ir/c1-4-25(3,5-2)21-14-15-26-24(17-21)20-12-13-23-19(16-20)11-10-18-8-6-7-9-22(18)23;1-2-6-10(7-3-1)11-8-4-5-9-12-11;/h6-11,13-17H,4-5H2,1-3H3;1-6,8-9H;/q2*-1;. The molecule has 2 nitrogen and oxygen atoms in total. The third-order valence-electron chi connectivity index (χ3n) is 7.62. The van der Waals surface area contributed by atoms with Crippen LogP contribution >= 0.6 is 0 Å². The van der Waals surface area contributed by atoms with Gasteiger partial charge in [-0.15, -0.1) is 65.0 Å². The van der Waals surface area contributed by atoms with E-state index >= 15 is 0 Å². The summed E-state index contributed by atoms with van der Waals surface area (Å²) in [6.07, 6.45) is 5.98. The van der Waals surface area contributed by atoms with Crippen molar-refractivity contribution in [2.24, 2.45) is 0 Å². The number of benzene rings is 4. The third-order valence-corrected chi connectivity index (χ3v) is 7.62. The van der Waals surface area contributed by atoms with Crippen LogP contribution in [0.2, 0.25) is 0 Å². The number of hydrogen-bond donors (Lipinski definition) is 0. The first-order valence-corrected chi connectivity index (χ1v) is 13.3. The summed E-state index contributed by atoms with van der Waals surface area (Å²) < 4.78 is 0. The van der Waals surface area contributed by atoms with Gasteiger partial charge in [0.25, 0.3) is 0 Å². The minimum Gasteiger partial charge on any atom is -0.305 e. The van der Waals surface area contributed by atoms with Gasteiger partial charge >= 0.3 is 0 Å². The molecule has 0 aliphatic carbocycles. The molecule has 0 atom stereocenters. The van der Waals surface area contributed by atoms with Crippen LogP contribution in [0.4, 0.5) is 0 Å². The molecule has 3 heteroatoms. The average molecular weight is 685 g/mol. The van der Waals surface area contributed by atoms with Crippen molar-refractivity contribution in [2.45, 2.75) is 39.0 Å². The van der Waals surface area contributed by atoms with Gasteiger partial charge in [0.15, 0.2) is 0 Å². The summed E-state index contributed by atoms with van der Waals surface area (Å²) >= 11 is 0. The van der Waals surface area contributed by atoms with Crippen molar-refractivity contribution in [3.05, 3.63) is 133 Å². The van der Waals surface area contributed by atoms with E-state index in [0.717, 1.165) is 35.4 Å². The fraction of sp³-hybridized carbons (Fsp3) is 0.167. The number of hydrogen-bond acceptors (Lipinski definition) is 2. The topological polar surface area (TPSA) is 25.8 Å². The van der Waals surface area contributed by atoms with Crippen molar-refractivity contribution >= 4 is 21.5 Å². The third kappa shape index (κ3) is 6.33. The van der Waals surface area contributed by atoms with E-state index in [1.54, 1.807) is 6.20 Å². The Morgan fingerprint density at radius 1 is 0.641 bits per heavy atom. The molecule has 1 radical (unpaired) electrons. The summed E-state index contributed by atoms with van der Waals surface area (Å²) in [5, 5.41) is 5.02. The summed E-state index contributed by atoms with van der Waals surface area (Å²) in [4.78, 5) is 8.85. The van der Waals surface area contributed by atoms with Crippen molar-refractivity contribution in [2.75, 3.05) is 0 Å². The molecule has 0 unspecified atom stereocenters. The summed E-state index contributed by atoms with van der Waals surface area (Å²) in [5.74, 6) is 0. The smallest absolute Gasteiger partial charge is 0.0163 e. The molecule has 0 saturated heterocycles. The van der Waals surface area contributed by atoms with Gasteiger partial charge in [-0.1, -0.05) is 86.1 Å². The van der Waals surface area contributed by atoms with E-state index in [2.05, 4.69) is 104 Å². The first-order valence-electron chi connectivity index (χ1n) is 13.3. The van der Waals surface area contributed by atoms with Crippen LogP contribution in [0.15, 0.2) is 116 Å². The Hall–Kier alpha value is -3.65. The number of aromatic nitrogens is 2. The molecular formula is C36H32IrN2-2. The zero-order valence-corrected chi connectivity index (χ0v) is 25.0. The summed E-state index contributed by atoms with van der Waals surface area (Å²) in [7, 11) is 0. The second-order valence-corrected chi connectivity index (χ2v) is 9.83. The maximum atomic E-state index is 4.63. The predicted molar refractivity (Wildman–Crippen MR) is 160 cm³/mol. The molecule has 0 N–H and O–H groups in total. The van der Waals surface area contributed by atoms with Crippen LogP contribution in [0.5, 0.6) is 0 Å². The van der Waals surface area contributed by atoms with Gasteiger partial charge in [0.1, 0.15) is 0 Å². The number of nitrogens with zero attached hydrogens (tertiary/aromatic N) is 2. The van der Waals surface area contributed by atoms with Crippen LogP contribution in [0, 0.1) is 12.1 Å². The Balaban J connectivity index is 0.000000228. The molecule has 0 spiro atoms. The van der Waals surface area contributed by atoms with Crippen molar-refractivity contribution < 1.29 is 20.1 Å². The van der Waals surface area contributed by atoms with Crippen molar-refractivity contribution in [1.29, 1.82) is 0 Å². The van der Waals surface area contributed by atoms with Gasteiger partial charge < -0.3 is 9.97 Å². The first kappa shape index (κ1) is 28.4. The van der Waals surface area contributed by atoms with E-state index in [9.17, 15) is 0 Å². The van der Waals surface area contributed by atoms with E-state index < -0.39 is 0 Å². The first-order chi connectivity index (χ1) is 18.6. The molecule has 0 saturated carbocycles. The van der Waals surface area contributed by atoms with E-state index in [-0.39, 0.29) is 25.5 Å². The van der Waals surface area contributed by atoms with Crippen molar-refractivity contribution in [3.63, 3.8) is 0 Å². The van der Waals surface area contributed by atoms with Crippen LogP contribution in [-0.4, -0.2) is 9.97 Å². The molecule has 0 aliphatic rings. The van der Waals surface area contributed by atoms with Gasteiger partial charge in [-0.3, -0.25) is 0 Å². The quantitative estimate of drug-likeness (QED) is 0.134. The molecule has 39 heavy (non-hydrogen) atoms. The number of rotatable bonds is 5. The number of fused-ring (bicyclic) bond motifs is 3. The fourth-order valence-corrected chi connectivity index (χ4v) is 4.78. The zero-order chi connectivity index (χ0) is 26.4. The van der Waals surface area contributed by atoms with Crippen LogP contribution < -0.4 is 0 Å². The van der Waals surface area contributed by atoms with Crippen LogP contribution in [0.25, 0.3) is 44.1 Å². The van der Waals surface area contributed by atoms with Crippen molar-refractivity contribution in [3.8, 4) is 22.5 Å². The van der Waals surface area contributed by atoms with Crippen molar-refractivity contribution in [1.82, 2.24) is 9.97 Å². The Morgan fingerprint density at radius 3 is 2.13 bits per heavy atom. The van der Waals surface area contributed by atoms with E-state index in [1.165, 1.54) is 27.1 Å². The molecule has 0 aliphatic heterocycles. The second-order valence-electron chi connectivity index (χ2n) is 9.83. The minimum atomic E-state index is 0. The molecule has 0 amide bonds. The van der Waals surface area contributed by atoms with Gasteiger partial charge in [0, 0.05) is 32.5 Å². The molecule has 6 aromatic rings. The largest absolute Gasteiger partial charge is 0.305 e. The monoisotopic (exact) mass is 685 g/mol. The van der Waals surface area contributed by atoms with Gasteiger partial charge in [0.2, 0.25) is 0 Å². The van der Waals surface area contributed by atoms with E-state index in [4.69, 9.17) is 0 Å². The van der Waals surface area contributed by atoms with E-state index in [0.29, 0.717) is 0 Å². The maximum absolute atomic E-state index is 4.63. The summed E-state index contributed by atoms with van der Waals surface area (Å²) in [6.45, 7) is 6.86. The Labute approximate surface area is 245 Å². The fourth-order valence-electron chi connectivity index (χ4n) is 4.78. The normalized spacial score (nSPS) is 10.9. The van der Waals surface area contributed by atoms with Gasteiger partial charge in [-0.05, 0) is 52.7 Å². The van der Waals surface area contributed by atoms with Gasteiger partial charge in [0.05, 0.1) is 0 Å². The zero-order valence-electron chi connectivity index (χ0n) is 22.6. The molecule has 6 rings (SSSR count). The van der Waals surface area contributed by atoms with Gasteiger partial charge in [-0.25, -0.2) is 0 Å². The maximum Gasteiger partial charge on any atom is 0.0163 e. The number of pyridine rings is 2. The minimum absolute atomic E-state index is 0. The SMILES string of the molecule is CCC(C)(CC)c1ccnc(-c2[c-]cc3c(ccc4ccccc43)c2)c1.[Ir].[c-]1ccccc1-c1ccccn1. The molecule has 0 bridgehead atoms. The van der Waals surface area contributed by atoms with Crippen LogP contribution in [0.1, 0.15) is 39.2 Å². The Morgan fingerprint density at radius 2 is 1.38 bits per heavy atom. The van der Waals surface area contributed by atoms with E-state index in [1.807, 2.05) is 48.7 Å². The summed E-state index contributed by atoms with van der Waals surface area (Å²) in [6, 6.07) is 41.9. The Kier molecular flexibility index (Phi) is 9.40. The Bertz CT molecular complexity index is 1600. The second kappa shape index (κ2) is 12.9. The molecule has 2 heterocycles. The molecule has 4 aromatic carbocycles. The molecule has 197 valence electrons. The molecular weight excluding hydrogens is 653 g/mol.